The van der Waals surface area contributed by atoms with Crippen molar-refractivity contribution in [2.24, 2.45) is 34.5 Å². The number of phenols is 1. The summed E-state index contributed by atoms with van der Waals surface area (Å²) in [5.74, 6) is -7.04. The Hall–Kier alpha value is -3.26. The van der Waals surface area contributed by atoms with Crippen LogP contribution in [0.4, 0.5) is 0 Å². The lowest BCUT2D eigenvalue weighted by molar-refractivity contribution is -0.194. The van der Waals surface area contributed by atoms with Crippen molar-refractivity contribution in [2.45, 2.75) is 91.6 Å². The molecule has 0 amide bonds. The summed E-state index contributed by atoms with van der Waals surface area (Å²) in [6, 6.07) is 4.73. The maximum atomic E-state index is 14.3. The number of aliphatic hydroxyl groups excluding tert-OH is 2. The SMILES string of the molecule is CC(=O)C1=C(O)C(C(C)C)[C@@]2(C)[C@H](CC(=O)CC3CCCC3)[C@]3(C)C(=C(O)[C@@]2(O)C1=O)C(=O)c1c(O)cccc1[C@H]3C. The minimum absolute atomic E-state index is 0.0268. The number of ketones is 4. The van der Waals surface area contributed by atoms with Crippen LogP contribution in [0.3, 0.4) is 0 Å². The molecular formula is C34H42O8. The number of fused-ring (bicyclic) bond motifs is 3. The molecule has 8 heteroatoms. The van der Waals surface area contributed by atoms with Crippen molar-refractivity contribution >= 4 is 23.1 Å². The third-order valence-corrected chi connectivity index (χ3v) is 11.4. The van der Waals surface area contributed by atoms with Gasteiger partial charge in [-0.3, -0.25) is 19.2 Å². The van der Waals surface area contributed by atoms with Crippen LogP contribution in [0.15, 0.2) is 40.9 Å². The van der Waals surface area contributed by atoms with E-state index < -0.39 is 74.5 Å². The molecule has 1 aromatic carbocycles. The maximum Gasteiger partial charge on any atom is 0.209 e. The Balaban J connectivity index is 1.86. The lowest BCUT2D eigenvalue weighted by Crippen LogP contribution is -2.71. The van der Waals surface area contributed by atoms with Crippen molar-refractivity contribution in [2.75, 3.05) is 0 Å². The molecule has 1 unspecified atom stereocenters. The quantitative estimate of drug-likeness (QED) is 0.315. The molecule has 0 bridgehead atoms. The third-order valence-electron chi connectivity index (χ3n) is 11.4. The number of hydrogen-bond acceptors (Lipinski definition) is 8. The molecule has 1 fully saturated rings. The van der Waals surface area contributed by atoms with E-state index in [9.17, 15) is 39.6 Å². The van der Waals surface area contributed by atoms with Crippen LogP contribution in [0.25, 0.3) is 0 Å². The fourth-order valence-corrected chi connectivity index (χ4v) is 9.38. The third kappa shape index (κ3) is 3.69. The highest BCUT2D eigenvalue weighted by Crippen LogP contribution is 2.71. The number of benzene rings is 1. The highest BCUT2D eigenvalue weighted by Gasteiger charge is 2.75. The first kappa shape index (κ1) is 30.2. The summed E-state index contributed by atoms with van der Waals surface area (Å²) in [5.41, 5.74) is -6.08. The van der Waals surface area contributed by atoms with E-state index in [1.54, 1.807) is 39.8 Å². The van der Waals surface area contributed by atoms with Crippen molar-refractivity contribution in [3.8, 4) is 5.75 Å². The average Bonchev–Trinajstić information content (AvgIpc) is 3.40. The van der Waals surface area contributed by atoms with Crippen molar-refractivity contribution in [1.29, 1.82) is 0 Å². The van der Waals surface area contributed by atoms with Gasteiger partial charge in [-0.25, -0.2) is 0 Å². The number of carbonyl (C=O) groups excluding carboxylic acids is 4. The summed E-state index contributed by atoms with van der Waals surface area (Å²) in [6.07, 6.45) is 4.22. The number of hydrogen-bond donors (Lipinski definition) is 4. The van der Waals surface area contributed by atoms with Crippen LogP contribution in [0.1, 0.15) is 102 Å². The van der Waals surface area contributed by atoms with Crippen molar-refractivity contribution in [3.05, 3.63) is 52.0 Å². The molecule has 6 atom stereocenters. The zero-order chi connectivity index (χ0) is 31.1. The topological polar surface area (TPSA) is 149 Å². The Morgan fingerprint density at radius 2 is 1.64 bits per heavy atom. The number of aliphatic hydroxyl groups is 3. The molecular weight excluding hydrogens is 536 g/mol. The first-order valence-electron chi connectivity index (χ1n) is 15.1. The van der Waals surface area contributed by atoms with Crippen molar-refractivity contribution in [1.82, 2.24) is 0 Å². The number of allylic oxidation sites excluding steroid dienone is 2. The molecule has 0 aromatic heterocycles. The van der Waals surface area contributed by atoms with Gasteiger partial charge < -0.3 is 20.4 Å². The molecule has 1 saturated carbocycles. The minimum atomic E-state index is -2.78. The van der Waals surface area contributed by atoms with E-state index in [0.29, 0.717) is 12.0 Å². The standard InChI is InChI=1S/C34H42O8/c1-16(2)26-28(38)24(18(4)35)30(40)34(42)31(41)27-29(39)25-21(12-9-13-22(25)37)17(3)32(27,5)23(33(26,34)6)15-20(36)14-19-10-7-8-11-19/h9,12-13,16-17,19,23,26,37-38,41-42H,7-8,10-11,14-15H2,1-6H3/t17-,23-,26?,32-,33-,34+/m1/s1. The predicted molar refractivity (Wildman–Crippen MR) is 155 cm³/mol. The fraction of sp³-hybridized carbons (Fsp3) is 0.588. The molecule has 4 aliphatic carbocycles. The van der Waals surface area contributed by atoms with Gasteiger partial charge in [-0.05, 0) is 42.2 Å². The number of Topliss-reactive ketones (excluding diaryl/α,β-unsaturated/α-hetero) is 4. The van der Waals surface area contributed by atoms with E-state index in [-0.39, 0.29) is 35.0 Å². The highest BCUT2D eigenvalue weighted by molar-refractivity contribution is 6.25. The average molecular weight is 579 g/mol. The molecule has 42 heavy (non-hydrogen) atoms. The zero-order valence-corrected chi connectivity index (χ0v) is 25.3. The normalized spacial score (nSPS) is 34.9. The minimum Gasteiger partial charge on any atom is -0.511 e. The van der Waals surface area contributed by atoms with E-state index in [1.165, 1.54) is 6.07 Å². The van der Waals surface area contributed by atoms with Gasteiger partial charge in [0.2, 0.25) is 5.78 Å². The molecule has 226 valence electrons. The van der Waals surface area contributed by atoms with Crippen molar-refractivity contribution in [3.63, 3.8) is 0 Å². The maximum absolute atomic E-state index is 14.3. The monoisotopic (exact) mass is 578 g/mol. The van der Waals surface area contributed by atoms with Crippen LogP contribution in [-0.4, -0.2) is 49.2 Å². The van der Waals surface area contributed by atoms with E-state index >= 15 is 0 Å². The first-order chi connectivity index (χ1) is 19.6. The Morgan fingerprint density at radius 1 is 1.02 bits per heavy atom. The lowest BCUT2D eigenvalue weighted by Gasteiger charge is -2.65. The Kier molecular flexibility index (Phi) is 7.12. The summed E-state index contributed by atoms with van der Waals surface area (Å²) >= 11 is 0. The van der Waals surface area contributed by atoms with Gasteiger partial charge in [0.15, 0.2) is 17.2 Å². The van der Waals surface area contributed by atoms with Gasteiger partial charge in [0.05, 0.1) is 5.56 Å². The second kappa shape index (κ2) is 9.90. The largest absolute Gasteiger partial charge is 0.511 e. The first-order valence-corrected chi connectivity index (χ1v) is 15.1. The van der Waals surface area contributed by atoms with Crippen LogP contribution in [-0.2, 0) is 14.4 Å². The van der Waals surface area contributed by atoms with Crippen LogP contribution >= 0.6 is 0 Å². The summed E-state index contributed by atoms with van der Waals surface area (Å²) < 4.78 is 0. The molecule has 0 spiro atoms. The number of rotatable bonds is 6. The Morgan fingerprint density at radius 3 is 2.21 bits per heavy atom. The second-order valence-electron chi connectivity index (χ2n) is 13.8. The summed E-state index contributed by atoms with van der Waals surface area (Å²) in [4.78, 5) is 55.1. The van der Waals surface area contributed by atoms with Crippen LogP contribution in [0.2, 0.25) is 0 Å². The molecule has 8 nitrogen and oxygen atoms in total. The van der Waals surface area contributed by atoms with E-state index in [2.05, 4.69) is 0 Å². The number of carbonyl (C=O) groups is 4. The molecule has 1 aromatic rings. The number of phenolic OH excluding ortho intramolecular Hbond substituents is 1. The molecule has 0 radical (unpaired) electrons. The predicted octanol–water partition coefficient (Wildman–Crippen LogP) is 5.67. The summed E-state index contributed by atoms with van der Waals surface area (Å²) in [5, 5.41) is 47.0. The summed E-state index contributed by atoms with van der Waals surface area (Å²) in [6.45, 7) is 9.91. The van der Waals surface area contributed by atoms with Gasteiger partial charge in [-0.1, -0.05) is 72.4 Å². The smallest absolute Gasteiger partial charge is 0.209 e. The molecule has 0 saturated heterocycles. The van der Waals surface area contributed by atoms with Crippen molar-refractivity contribution < 1.29 is 39.6 Å². The van der Waals surface area contributed by atoms with Gasteiger partial charge in [0.1, 0.15) is 28.6 Å². The molecule has 5 rings (SSSR count). The van der Waals surface area contributed by atoms with Gasteiger partial charge in [0, 0.05) is 35.2 Å². The Labute approximate surface area is 246 Å². The summed E-state index contributed by atoms with van der Waals surface area (Å²) in [7, 11) is 0. The molecule has 4 N–H and O–H groups in total. The van der Waals surface area contributed by atoms with Gasteiger partial charge in [-0.15, -0.1) is 0 Å². The van der Waals surface area contributed by atoms with Gasteiger partial charge >= 0.3 is 0 Å². The van der Waals surface area contributed by atoms with Crippen LogP contribution in [0.5, 0.6) is 5.75 Å². The van der Waals surface area contributed by atoms with Crippen LogP contribution in [0, 0.1) is 34.5 Å². The Bertz CT molecular complexity index is 1460. The number of aromatic hydroxyl groups is 1. The lowest BCUT2D eigenvalue weighted by atomic mass is 9.38. The molecule has 0 heterocycles. The zero-order valence-electron chi connectivity index (χ0n) is 25.3. The highest BCUT2D eigenvalue weighted by atomic mass is 16.4. The fourth-order valence-electron chi connectivity index (χ4n) is 9.38. The van der Waals surface area contributed by atoms with E-state index in [1.807, 2.05) is 6.92 Å². The molecule has 0 aliphatic heterocycles. The van der Waals surface area contributed by atoms with E-state index in [0.717, 1.165) is 32.6 Å². The second-order valence-corrected chi connectivity index (χ2v) is 13.8. The van der Waals surface area contributed by atoms with Crippen LogP contribution < -0.4 is 0 Å². The van der Waals surface area contributed by atoms with E-state index in [4.69, 9.17) is 0 Å². The molecule has 4 aliphatic rings. The van der Waals surface area contributed by atoms with Gasteiger partial charge in [-0.2, -0.15) is 0 Å². The van der Waals surface area contributed by atoms with Gasteiger partial charge in [0.25, 0.3) is 0 Å².